The van der Waals surface area contributed by atoms with Crippen molar-refractivity contribution in [2.75, 3.05) is 12.4 Å². The molecule has 0 saturated heterocycles. The molecule has 0 bridgehead atoms. The summed E-state index contributed by atoms with van der Waals surface area (Å²) >= 11 is 0. The molecule has 0 unspecified atom stereocenters. The molecule has 1 aromatic heterocycles. The summed E-state index contributed by atoms with van der Waals surface area (Å²) in [6.45, 7) is 4.16. The first kappa shape index (κ1) is 12.4. The lowest BCUT2D eigenvalue weighted by molar-refractivity contribution is 0.386. The van der Waals surface area contributed by atoms with Crippen molar-refractivity contribution in [3.63, 3.8) is 0 Å². The Kier molecular flexibility index (Phi) is 3.50. The number of aromatic nitrogens is 1. The number of benzene rings is 1. The van der Waals surface area contributed by atoms with Crippen LogP contribution in [0.15, 0.2) is 22.6 Å². The van der Waals surface area contributed by atoms with Gasteiger partial charge in [0.1, 0.15) is 5.76 Å². The Morgan fingerprint density at radius 1 is 1.39 bits per heavy atom. The molecular weight excluding hydrogens is 235 g/mol. The van der Waals surface area contributed by atoms with Gasteiger partial charge in [0.15, 0.2) is 11.6 Å². The van der Waals surface area contributed by atoms with Gasteiger partial charge in [0.05, 0.1) is 19.3 Å². The smallest absolute Gasteiger partial charge is 0.213 e. The number of aryl methyl sites for hydroxylation is 2. The van der Waals surface area contributed by atoms with Crippen molar-refractivity contribution >= 4 is 5.69 Å². The van der Waals surface area contributed by atoms with Gasteiger partial charge < -0.3 is 14.5 Å². The van der Waals surface area contributed by atoms with E-state index < -0.39 is 5.82 Å². The minimum absolute atomic E-state index is 0.225. The molecule has 0 saturated carbocycles. The van der Waals surface area contributed by atoms with Gasteiger partial charge in [-0.3, -0.25) is 0 Å². The van der Waals surface area contributed by atoms with Crippen molar-refractivity contribution in [2.45, 2.75) is 20.4 Å². The minimum atomic E-state index is -0.401. The summed E-state index contributed by atoms with van der Waals surface area (Å²) in [5.41, 5.74) is 1.52. The van der Waals surface area contributed by atoms with Gasteiger partial charge in [0, 0.05) is 11.8 Å². The SMILES string of the molecule is COc1ccc(NCc2nc(C)c(C)o2)cc1F. The quantitative estimate of drug-likeness (QED) is 0.906. The van der Waals surface area contributed by atoms with Crippen LogP contribution in [0.1, 0.15) is 17.3 Å². The standard InChI is InChI=1S/C13H15FN2O2/c1-8-9(2)18-13(16-8)7-15-10-4-5-12(17-3)11(14)6-10/h4-6,15H,7H2,1-3H3. The molecule has 0 amide bonds. The fourth-order valence-electron chi connectivity index (χ4n) is 1.57. The highest BCUT2D eigenvalue weighted by Gasteiger charge is 2.06. The van der Waals surface area contributed by atoms with E-state index in [-0.39, 0.29) is 5.75 Å². The van der Waals surface area contributed by atoms with Crippen LogP contribution < -0.4 is 10.1 Å². The summed E-state index contributed by atoms with van der Waals surface area (Å²) in [5.74, 6) is 1.21. The maximum Gasteiger partial charge on any atom is 0.213 e. The van der Waals surface area contributed by atoms with E-state index >= 15 is 0 Å². The summed E-state index contributed by atoms with van der Waals surface area (Å²) < 4.78 is 23.7. The molecule has 2 aromatic rings. The molecule has 1 N–H and O–H groups in total. The summed E-state index contributed by atoms with van der Waals surface area (Å²) in [5, 5.41) is 3.04. The number of nitrogens with zero attached hydrogens (tertiary/aromatic N) is 1. The van der Waals surface area contributed by atoms with E-state index in [2.05, 4.69) is 10.3 Å². The first-order valence-corrected chi connectivity index (χ1v) is 5.60. The molecule has 0 radical (unpaired) electrons. The molecule has 18 heavy (non-hydrogen) atoms. The Morgan fingerprint density at radius 2 is 2.17 bits per heavy atom. The number of hydrogen-bond donors (Lipinski definition) is 1. The summed E-state index contributed by atoms with van der Waals surface area (Å²) in [7, 11) is 1.43. The van der Waals surface area contributed by atoms with Gasteiger partial charge in [-0.15, -0.1) is 0 Å². The molecule has 0 aliphatic heterocycles. The van der Waals surface area contributed by atoms with E-state index in [4.69, 9.17) is 9.15 Å². The zero-order valence-electron chi connectivity index (χ0n) is 10.6. The largest absolute Gasteiger partial charge is 0.494 e. The fraction of sp³-hybridized carbons (Fsp3) is 0.308. The number of hydrogen-bond acceptors (Lipinski definition) is 4. The highest BCUT2D eigenvalue weighted by molar-refractivity contribution is 5.47. The summed E-state index contributed by atoms with van der Waals surface area (Å²) in [6.07, 6.45) is 0. The van der Waals surface area contributed by atoms with Crippen molar-refractivity contribution < 1.29 is 13.5 Å². The third-order valence-corrected chi connectivity index (χ3v) is 2.67. The van der Waals surface area contributed by atoms with Gasteiger partial charge in [0.2, 0.25) is 5.89 Å². The average Bonchev–Trinajstić information content (AvgIpc) is 2.66. The monoisotopic (exact) mass is 250 g/mol. The van der Waals surface area contributed by atoms with Crippen LogP contribution in [0, 0.1) is 19.7 Å². The number of ether oxygens (including phenoxy) is 1. The first-order chi connectivity index (χ1) is 8.60. The number of rotatable bonds is 4. The molecule has 1 heterocycles. The van der Waals surface area contributed by atoms with Crippen molar-refractivity contribution in [3.05, 3.63) is 41.4 Å². The predicted molar refractivity (Wildman–Crippen MR) is 66.3 cm³/mol. The fourth-order valence-corrected chi connectivity index (χ4v) is 1.57. The van der Waals surface area contributed by atoms with Crippen LogP contribution in [0.2, 0.25) is 0 Å². The normalized spacial score (nSPS) is 10.4. The number of oxazole rings is 1. The Morgan fingerprint density at radius 3 is 2.72 bits per heavy atom. The van der Waals surface area contributed by atoms with Crippen LogP contribution in [0.4, 0.5) is 10.1 Å². The van der Waals surface area contributed by atoms with Gasteiger partial charge in [-0.2, -0.15) is 0 Å². The third-order valence-electron chi connectivity index (χ3n) is 2.67. The second-order valence-corrected chi connectivity index (χ2v) is 3.95. The lowest BCUT2D eigenvalue weighted by Crippen LogP contribution is -2.00. The van der Waals surface area contributed by atoms with Crippen molar-refractivity contribution in [3.8, 4) is 5.75 Å². The number of anilines is 1. The molecule has 0 fully saturated rings. The molecule has 0 spiro atoms. The summed E-state index contributed by atoms with van der Waals surface area (Å²) in [4.78, 5) is 4.23. The number of nitrogens with one attached hydrogen (secondary N) is 1. The lowest BCUT2D eigenvalue weighted by Gasteiger charge is -2.06. The van der Waals surface area contributed by atoms with Crippen LogP contribution in [0.5, 0.6) is 5.75 Å². The van der Waals surface area contributed by atoms with E-state index in [0.717, 1.165) is 11.5 Å². The number of halogens is 1. The van der Waals surface area contributed by atoms with Crippen LogP contribution >= 0.6 is 0 Å². The van der Waals surface area contributed by atoms with Crippen molar-refractivity contribution in [2.24, 2.45) is 0 Å². The van der Waals surface area contributed by atoms with E-state index in [9.17, 15) is 4.39 Å². The van der Waals surface area contributed by atoms with Gasteiger partial charge in [-0.05, 0) is 26.0 Å². The number of methoxy groups -OCH3 is 1. The van der Waals surface area contributed by atoms with Crippen LogP contribution in [0.25, 0.3) is 0 Å². The van der Waals surface area contributed by atoms with Gasteiger partial charge >= 0.3 is 0 Å². The highest BCUT2D eigenvalue weighted by atomic mass is 19.1. The van der Waals surface area contributed by atoms with Crippen LogP contribution in [0.3, 0.4) is 0 Å². The summed E-state index contributed by atoms with van der Waals surface area (Å²) in [6, 6.07) is 4.69. The maximum absolute atomic E-state index is 13.4. The zero-order valence-corrected chi connectivity index (χ0v) is 10.6. The first-order valence-electron chi connectivity index (χ1n) is 5.60. The molecule has 5 heteroatoms. The van der Waals surface area contributed by atoms with Gasteiger partial charge in [-0.1, -0.05) is 0 Å². The maximum atomic E-state index is 13.4. The molecule has 0 atom stereocenters. The molecule has 4 nitrogen and oxygen atoms in total. The molecule has 96 valence electrons. The van der Waals surface area contributed by atoms with E-state index in [1.165, 1.54) is 13.2 Å². The average molecular weight is 250 g/mol. The second-order valence-electron chi connectivity index (χ2n) is 3.95. The topological polar surface area (TPSA) is 47.3 Å². The highest BCUT2D eigenvalue weighted by Crippen LogP contribution is 2.21. The predicted octanol–water partition coefficient (Wildman–Crippen LogP) is 3.05. The van der Waals surface area contributed by atoms with Gasteiger partial charge in [0.25, 0.3) is 0 Å². The Hall–Kier alpha value is -2.04. The van der Waals surface area contributed by atoms with Crippen molar-refractivity contribution in [1.82, 2.24) is 4.98 Å². The lowest BCUT2D eigenvalue weighted by atomic mass is 10.3. The Labute approximate surface area is 105 Å². The molecule has 0 aliphatic carbocycles. The van der Waals surface area contributed by atoms with Crippen LogP contribution in [-0.2, 0) is 6.54 Å². The van der Waals surface area contributed by atoms with E-state index in [0.29, 0.717) is 18.1 Å². The van der Waals surface area contributed by atoms with E-state index in [1.54, 1.807) is 12.1 Å². The minimum Gasteiger partial charge on any atom is -0.494 e. The van der Waals surface area contributed by atoms with Crippen LogP contribution in [-0.4, -0.2) is 12.1 Å². The molecule has 1 aromatic carbocycles. The van der Waals surface area contributed by atoms with E-state index in [1.807, 2.05) is 13.8 Å². The molecular formula is C13H15FN2O2. The second kappa shape index (κ2) is 5.08. The Bertz CT molecular complexity index is 532. The molecule has 2 rings (SSSR count). The van der Waals surface area contributed by atoms with Crippen molar-refractivity contribution in [1.29, 1.82) is 0 Å². The van der Waals surface area contributed by atoms with Gasteiger partial charge in [-0.25, -0.2) is 9.37 Å². The third kappa shape index (κ3) is 2.61. The Balaban J connectivity index is 2.04. The molecule has 0 aliphatic rings. The zero-order chi connectivity index (χ0) is 13.1.